The largest absolute Gasteiger partial charge is 0.373 e. The Bertz CT molecular complexity index is 229. The Kier molecular flexibility index (Phi) is 1.47. The summed E-state index contributed by atoms with van der Waals surface area (Å²) in [5.41, 5.74) is 1.19. The van der Waals surface area contributed by atoms with Gasteiger partial charge < -0.3 is 4.74 Å². The predicted octanol–water partition coefficient (Wildman–Crippen LogP) is 1.39. The number of thiazole rings is 1. The molecule has 0 aliphatic carbocycles. The molecule has 0 bridgehead atoms. The van der Waals surface area contributed by atoms with Crippen molar-refractivity contribution < 1.29 is 4.74 Å². The number of aryl methyl sites for hydroxylation is 1. The van der Waals surface area contributed by atoms with Crippen molar-refractivity contribution in [2.75, 3.05) is 6.61 Å². The minimum absolute atomic E-state index is 0.474. The molecule has 0 N–H and O–H groups in total. The minimum atomic E-state index is 0.474. The average Bonchev–Trinajstić information content (AvgIpc) is 2.59. The lowest BCUT2D eigenvalue weighted by Crippen LogP contribution is -1.92. The summed E-state index contributed by atoms with van der Waals surface area (Å²) in [7, 11) is 0. The van der Waals surface area contributed by atoms with E-state index in [-0.39, 0.29) is 0 Å². The van der Waals surface area contributed by atoms with Gasteiger partial charge in [0.25, 0.3) is 0 Å². The zero-order chi connectivity index (χ0) is 6.97. The fourth-order valence-electron chi connectivity index (χ4n) is 0.921. The molecule has 1 unspecified atom stereocenters. The number of hydrogen-bond donors (Lipinski definition) is 0. The first-order chi connectivity index (χ1) is 4.84. The van der Waals surface area contributed by atoms with Gasteiger partial charge in [0, 0.05) is 11.8 Å². The lowest BCUT2D eigenvalue weighted by Gasteiger charge is -1.86. The van der Waals surface area contributed by atoms with Crippen molar-refractivity contribution in [2.45, 2.75) is 19.4 Å². The van der Waals surface area contributed by atoms with E-state index in [1.807, 2.05) is 6.92 Å². The number of ether oxygens (including phenoxy) is 1. The van der Waals surface area contributed by atoms with Gasteiger partial charge in [0.2, 0.25) is 0 Å². The highest BCUT2D eigenvalue weighted by Crippen LogP contribution is 2.17. The van der Waals surface area contributed by atoms with Crippen LogP contribution in [0.25, 0.3) is 0 Å². The highest BCUT2D eigenvalue weighted by Gasteiger charge is 2.23. The van der Waals surface area contributed by atoms with Gasteiger partial charge in [0.15, 0.2) is 0 Å². The fraction of sp³-hybridized carbons (Fsp3) is 0.571. The Morgan fingerprint density at radius 1 is 1.90 bits per heavy atom. The summed E-state index contributed by atoms with van der Waals surface area (Å²) < 4.78 is 5.09. The smallest absolute Gasteiger partial charge is 0.0897 e. The first-order valence-corrected chi connectivity index (χ1v) is 4.25. The van der Waals surface area contributed by atoms with Crippen molar-refractivity contribution in [3.63, 3.8) is 0 Å². The molecule has 1 atom stereocenters. The van der Waals surface area contributed by atoms with Crippen molar-refractivity contribution in [1.82, 2.24) is 4.98 Å². The van der Waals surface area contributed by atoms with Gasteiger partial charge in [0.1, 0.15) is 0 Å². The quantitative estimate of drug-likeness (QED) is 0.603. The molecule has 0 spiro atoms. The van der Waals surface area contributed by atoms with Crippen LogP contribution in [0.5, 0.6) is 0 Å². The summed E-state index contributed by atoms with van der Waals surface area (Å²) in [6, 6.07) is 0. The molecule has 0 aromatic carbocycles. The maximum Gasteiger partial charge on any atom is 0.0897 e. The normalized spacial score (nSPS) is 23.1. The van der Waals surface area contributed by atoms with Crippen LogP contribution in [0.15, 0.2) is 5.38 Å². The van der Waals surface area contributed by atoms with Gasteiger partial charge in [-0.05, 0) is 6.92 Å². The molecule has 10 heavy (non-hydrogen) atoms. The lowest BCUT2D eigenvalue weighted by atomic mass is 10.3. The maximum atomic E-state index is 5.09. The Morgan fingerprint density at radius 3 is 3.20 bits per heavy atom. The van der Waals surface area contributed by atoms with Crippen molar-refractivity contribution >= 4 is 11.3 Å². The van der Waals surface area contributed by atoms with E-state index in [4.69, 9.17) is 4.74 Å². The summed E-state index contributed by atoms with van der Waals surface area (Å²) in [5, 5.41) is 3.26. The number of aromatic nitrogens is 1. The summed E-state index contributed by atoms with van der Waals surface area (Å²) >= 11 is 1.71. The lowest BCUT2D eigenvalue weighted by molar-refractivity contribution is 0.406. The Hall–Kier alpha value is -0.410. The van der Waals surface area contributed by atoms with Crippen molar-refractivity contribution in [3.05, 3.63) is 16.1 Å². The van der Waals surface area contributed by atoms with Gasteiger partial charge >= 0.3 is 0 Å². The molecule has 1 aliphatic heterocycles. The molecule has 0 saturated carbocycles. The van der Waals surface area contributed by atoms with Gasteiger partial charge in [-0.2, -0.15) is 0 Å². The Balaban J connectivity index is 2.03. The highest BCUT2D eigenvalue weighted by molar-refractivity contribution is 7.09. The molecule has 1 aliphatic rings. The summed E-state index contributed by atoms with van der Waals surface area (Å²) in [6.45, 7) is 2.96. The van der Waals surface area contributed by atoms with Crippen LogP contribution in [-0.4, -0.2) is 17.7 Å². The third-order valence-corrected chi connectivity index (χ3v) is 2.33. The zero-order valence-electron chi connectivity index (χ0n) is 5.83. The topological polar surface area (TPSA) is 25.4 Å². The number of nitrogens with zero attached hydrogens (tertiary/aromatic N) is 1. The van der Waals surface area contributed by atoms with Crippen LogP contribution in [0.3, 0.4) is 0 Å². The second kappa shape index (κ2) is 2.32. The molecular formula is C7H9NOS. The molecule has 2 nitrogen and oxygen atoms in total. The molecule has 2 heterocycles. The van der Waals surface area contributed by atoms with E-state index < -0.39 is 0 Å². The van der Waals surface area contributed by atoms with Gasteiger partial charge in [-0.3, -0.25) is 0 Å². The fourth-order valence-corrected chi connectivity index (χ4v) is 1.55. The SMILES string of the molecule is Cc1nc(CC2CO2)cs1. The minimum Gasteiger partial charge on any atom is -0.373 e. The monoisotopic (exact) mass is 155 g/mol. The third kappa shape index (κ3) is 1.36. The molecule has 1 saturated heterocycles. The Labute approximate surface area is 63.9 Å². The maximum absolute atomic E-state index is 5.09. The molecule has 0 amide bonds. The average molecular weight is 155 g/mol. The number of hydrogen-bond acceptors (Lipinski definition) is 3. The standard InChI is InChI=1S/C7H9NOS/c1-5-8-6(4-10-5)2-7-3-9-7/h4,7H,2-3H2,1H3. The van der Waals surface area contributed by atoms with Crippen LogP contribution in [0.2, 0.25) is 0 Å². The zero-order valence-corrected chi connectivity index (χ0v) is 6.65. The van der Waals surface area contributed by atoms with E-state index in [2.05, 4.69) is 10.4 Å². The van der Waals surface area contributed by atoms with Gasteiger partial charge in [-0.25, -0.2) is 4.98 Å². The van der Waals surface area contributed by atoms with Gasteiger partial charge in [-0.1, -0.05) is 0 Å². The van der Waals surface area contributed by atoms with E-state index in [9.17, 15) is 0 Å². The van der Waals surface area contributed by atoms with Gasteiger partial charge in [0.05, 0.1) is 23.4 Å². The van der Waals surface area contributed by atoms with E-state index in [1.54, 1.807) is 11.3 Å². The number of epoxide rings is 1. The van der Waals surface area contributed by atoms with E-state index >= 15 is 0 Å². The van der Waals surface area contributed by atoms with E-state index in [0.29, 0.717) is 6.10 Å². The predicted molar refractivity (Wildman–Crippen MR) is 40.3 cm³/mol. The summed E-state index contributed by atoms with van der Waals surface area (Å²) in [6.07, 6.45) is 1.48. The Morgan fingerprint density at radius 2 is 2.70 bits per heavy atom. The van der Waals surface area contributed by atoms with Crippen LogP contribution in [0.4, 0.5) is 0 Å². The first-order valence-electron chi connectivity index (χ1n) is 3.37. The first kappa shape index (κ1) is 6.31. The van der Waals surface area contributed by atoms with Crippen molar-refractivity contribution in [1.29, 1.82) is 0 Å². The molecule has 1 fully saturated rings. The molecular weight excluding hydrogens is 146 g/mol. The second-order valence-electron chi connectivity index (χ2n) is 2.52. The third-order valence-electron chi connectivity index (χ3n) is 1.51. The molecule has 1 aromatic heterocycles. The van der Waals surface area contributed by atoms with Crippen LogP contribution < -0.4 is 0 Å². The molecule has 0 radical (unpaired) electrons. The van der Waals surface area contributed by atoms with Crippen LogP contribution in [0, 0.1) is 6.92 Å². The molecule has 3 heteroatoms. The highest BCUT2D eigenvalue weighted by atomic mass is 32.1. The summed E-state index contributed by atoms with van der Waals surface area (Å²) in [4.78, 5) is 4.33. The van der Waals surface area contributed by atoms with E-state index in [0.717, 1.165) is 18.0 Å². The molecule has 2 rings (SSSR count). The van der Waals surface area contributed by atoms with Crippen LogP contribution >= 0.6 is 11.3 Å². The van der Waals surface area contributed by atoms with Gasteiger partial charge in [-0.15, -0.1) is 11.3 Å². The second-order valence-corrected chi connectivity index (χ2v) is 3.58. The van der Waals surface area contributed by atoms with Crippen molar-refractivity contribution in [3.8, 4) is 0 Å². The van der Waals surface area contributed by atoms with Crippen molar-refractivity contribution in [2.24, 2.45) is 0 Å². The molecule has 1 aromatic rings. The molecule has 54 valence electrons. The van der Waals surface area contributed by atoms with Crippen LogP contribution in [-0.2, 0) is 11.2 Å². The summed E-state index contributed by atoms with van der Waals surface area (Å²) in [5.74, 6) is 0. The number of rotatable bonds is 2. The van der Waals surface area contributed by atoms with E-state index in [1.165, 1.54) is 5.69 Å². The van der Waals surface area contributed by atoms with Crippen LogP contribution in [0.1, 0.15) is 10.7 Å².